The number of fused-ring (bicyclic) bond motifs is 4. The highest BCUT2D eigenvalue weighted by Crippen LogP contribution is 2.48. The zero-order valence-corrected chi connectivity index (χ0v) is 24.0. The number of benzene rings is 3. The van der Waals surface area contributed by atoms with E-state index in [4.69, 9.17) is 26.7 Å². The van der Waals surface area contributed by atoms with Gasteiger partial charge in [-0.3, -0.25) is 15.6 Å². The number of rotatable bonds is 6. The van der Waals surface area contributed by atoms with E-state index in [-0.39, 0.29) is 11.0 Å². The minimum Gasteiger partial charge on any atom is -0.497 e. The fourth-order valence-electron chi connectivity index (χ4n) is 6.21. The summed E-state index contributed by atoms with van der Waals surface area (Å²) in [6.07, 6.45) is 6.23. The van der Waals surface area contributed by atoms with E-state index < -0.39 is 0 Å². The number of hydrogen-bond donors (Lipinski definition) is 3. The standard InChI is InChI=1S/C32H33N5O3S/c1-39-24-14-10-22(11-15-24)33-31(41)36-35-30-34-28-26-9-5-4-8-21(26)20-32(18-6-3-7-19-32)27(28)29(38)37(30)23-12-16-25(40-2)17-13-23/h4-5,8-17H,3,6-7,18-20H2,1-2H3,(H,34,35)(H2,33,36,41). The Morgan fingerprint density at radius 3 is 2.24 bits per heavy atom. The molecular formula is C32H33N5O3S. The number of hydrazine groups is 1. The summed E-state index contributed by atoms with van der Waals surface area (Å²) in [5.41, 5.74) is 11.2. The molecule has 1 aromatic heterocycles. The smallest absolute Gasteiger partial charge is 0.263 e. The normalized spacial score (nSPS) is 14.9. The Morgan fingerprint density at radius 2 is 1.56 bits per heavy atom. The highest BCUT2D eigenvalue weighted by Gasteiger charge is 2.43. The topological polar surface area (TPSA) is 89.4 Å². The van der Waals surface area contributed by atoms with Crippen molar-refractivity contribution in [3.05, 3.63) is 94.3 Å². The molecule has 2 aliphatic rings. The van der Waals surface area contributed by atoms with Crippen LogP contribution in [0.4, 0.5) is 11.6 Å². The van der Waals surface area contributed by atoms with Crippen LogP contribution in [0.15, 0.2) is 77.6 Å². The average molecular weight is 568 g/mol. The predicted octanol–water partition coefficient (Wildman–Crippen LogP) is 5.99. The van der Waals surface area contributed by atoms with Gasteiger partial charge in [0.05, 0.1) is 31.2 Å². The van der Waals surface area contributed by atoms with Gasteiger partial charge in [0, 0.05) is 16.7 Å². The number of hydrogen-bond acceptors (Lipinski definition) is 6. The number of nitrogens with one attached hydrogen (secondary N) is 3. The van der Waals surface area contributed by atoms with Crippen LogP contribution < -0.4 is 31.2 Å². The van der Waals surface area contributed by atoms with E-state index in [1.54, 1.807) is 18.8 Å². The van der Waals surface area contributed by atoms with Crippen molar-refractivity contribution in [2.24, 2.45) is 0 Å². The molecule has 2 aliphatic carbocycles. The molecule has 1 saturated carbocycles. The largest absolute Gasteiger partial charge is 0.497 e. The number of ether oxygens (including phenoxy) is 2. The van der Waals surface area contributed by atoms with Gasteiger partial charge in [-0.1, -0.05) is 43.5 Å². The molecule has 8 nitrogen and oxygen atoms in total. The van der Waals surface area contributed by atoms with E-state index in [2.05, 4.69) is 34.4 Å². The van der Waals surface area contributed by atoms with E-state index in [0.29, 0.717) is 22.5 Å². The molecule has 3 N–H and O–H groups in total. The van der Waals surface area contributed by atoms with Crippen molar-refractivity contribution in [2.75, 3.05) is 25.0 Å². The van der Waals surface area contributed by atoms with Crippen molar-refractivity contribution < 1.29 is 9.47 Å². The highest BCUT2D eigenvalue weighted by molar-refractivity contribution is 7.80. The summed E-state index contributed by atoms with van der Waals surface area (Å²) in [7, 11) is 3.25. The summed E-state index contributed by atoms with van der Waals surface area (Å²) in [4.78, 5) is 19.8. The lowest BCUT2D eigenvalue weighted by Gasteiger charge is -2.42. The number of aromatic nitrogens is 2. The van der Waals surface area contributed by atoms with E-state index in [1.807, 2.05) is 54.6 Å². The Kier molecular flexibility index (Phi) is 7.36. The lowest BCUT2D eigenvalue weighted by Crippen LogP contribution is -2.44. The minimum atomic E-state index is -0.225. The third kappa shape index (κ3) is 5.13. The first kappa shape index (κ1) is 26.8. The van der Waals surface area contributed by atoms with Gasteiger partial charge in [-0.2, -0.15) is 0 Å². The molecular weight excluding hydrogens is 534 g/mol. The highest BCUT2D eigenvalue weighted by atomic mass is 32.1. The number of anilines is 2. The van der Waals surface area contributed by atoms with Crippen molar-refractivity contribution in [1.29, 1.82) is 0 Å². The summed E-state index contributed by atoms with van der Waals surface area (Å²) in [5, 5.41) is 3.47. The Hall–Kier alpha value is -4.37. The van der Waals surface area contributed by atoms with E-state index in [9.17, 15) is 4.79 Å². The van der Waals surface area contributed by atoms with Crippen molar-refractivity contribution in [3.8, 4) is 28.4 Å². The first-order chi connectivity index (χ1) is 20.0. The first-order valence-electron chi connectivity index (χ1n) is 13.9. The van der Waals surface area contributed by atoms with Gasteiger partial charge in [-0.25, -0.2) is 9.55 Å². The summed E-state index contributed by atoms with van der Waals surface area (Å²) >= 11 is 5.56. The summed E-state index contributed by atoms with van der Waals surface area (Å²) in [5.74, 6) is 1.81. The van der Waals surface area contributed by atoms with Gasteiger partial charge in [0.2, 0.25) is 5.95 Å². The van der Waals surface area contributed by atoms with Crippen LogP contribution in [0, 0.1) is 0 Å². The fraction of sp³-hybridized carbons (Fsp3) is 0.281. The minimum absolute atomic E-state index is 0.0603. The molecule has 3 aromatic carbocycles. The van der Waals surface area contributed by atoms with Crippen LogP contribution in [0.3, 0.4) is 0 Å². The second-order valence-corrected chi connectivity index (χ2v) is 11.0. The van der Waals surface area contributed by atoms with E-state index >= 15 is 0 Å². The van der Waals surface area contributed by atoms with Crippen LogP contribution in [-0.2, 0) is 11.8 Å². The molecule has 9 heteroatoms. The van der Waals surface area contributed by atoms with Crippen LogP contribution in [-0.4, -0.2) is 28.9 Å². The molecule has 1 heterocycles. The fourth-order valence-corrected chi connectivity index (χ4v) is 6.38. The zero-order chi connectivity index (χ0) is 28.4. The van der Waals surface area contributed by atoms with Crippen molar-refractivity contribution >= 4 is 29.0 Å². The quantitative estimate of drug-likeness (QED) is 0.194. The average Bonchev–Trinajstić information content (AvgIpc) is 3.01. The summed E-state index contributed by atoms with van der Waals surface area (Å²) < 4.78 is 12.3. The molecule has 1 spiro atoms. The van der Waals surface area contributed by atoms with Crippen LogP contribution in [0.1, 0.15) is 43.2 Å². The second-order valence-electron chi connectivity index (χ2n) is 10.6. The van der Waals surface area contributed by atoms with Gasteiger partial charge in [-0.15, -0.1) is 0 Å². The van der Waals surface area contributed by atoms with Gasteiger partial charge in [0.25, 0.3) is 5.56 Å². The van der Waals surface area contributed by atoms with Gasteiger partial charge < -0.3 is 14.8 Å². The first-order valence-corrected chi connectivity index (χ1v) is 14.3. The van der Waals surface area contributed by atoms with Crippen LogP contribution in [0.2, 0.25) is 0 Å². The molecule has 0 unspecified atom stereocenters. The Balaban J connectivity index is 1.43. The van der Waals surface area contributed by atoms with Gasteiger partial charge in [0.15, 0.2) is 5.11 Å². The number of thiocarbonyl (C=S) groups is 1. The maximum Gasteiger partial charge on any atom is 0.263 e. The summed E-state index contributed by atoms with van der Waals surface area (Å²) in [6.45, 7) is 0. The monoisotopic (exact) mass is 567 g/mol. The van der Waals surface area contributed by atoms with Gasteiger partial charge >= 0.3 is 0 Å². The van der Waals surface area contributed by atoms with Crippen molar-refractivity contribution in [1.82, 2.24) is 15.0 Å². The third-order valence-corrected chi connectivity index (χ3v) is 8.40. The molecule has 210 valence electrons. The SMILES string of the molecule is COc1ccc(NC(=S)NNc2nc3c(c(=O)n2-c2ccc(OC)cc2)C2(CCCCC2)Cc2ccccc2-3)cc1. The van der Waals surface area contributed by atoms with Gasteiger partial charge in [0.1, 0.15) is 11.5 Å². The molecule has 4 aromatic rings. The number of nitrogens with zero attached hydrogens (tertiary/aromatic N) is 2. The molecule has 1 fully saturated rings. The second kappa shape index (κ2) is 11.2. The maximum absolute atomic E-state index is 14.6. The van der Waals surface area contributed by atoms with Gasteiger partial charge in [-0.05, 0) is 85.6 Å². The molecule has 0 amide bonds. The molecule has 0 bridgehead atoms. The predicted molar refractivity (Wildman–Crippen MR) is 166 cm³/mol. The molecule has 0 atom stereocenters. The lowest BCUT2D eigenvalue weighted by atomic mass is 9.62. The molecule has 0 radical (unpaired) electrons. The Bertz CT molecular complexity index is 1630. The van der Waals surface area contributed by atoms with Crippen molar-refractivity contribution in [2.45, 2.75) is 43.9 Å². The molecule has 41 heavy (non-hydrogen) atoms. The zero-order valence-electron chi connectivity index (χ0n) is 23.2. The molecule has 0 saturated heterocycles. The van der Waals surface area contributed by atoms with E-state index in [1.165, 1.54) is 12.0 Å². The maximum atomic E-state index is 14.6. The van der Waals surface area contributed by atoms with Crippen molar-refractivity contribution in [3.63, 3.8) is 0 Å². The Labute approximate surface area is 244 Å². The molecule has 6 rings (SSSR count). The van der Waals surface area contributed by atoms with Crippen LogP contribution >= 0.6 is 12.2 Å². The summed E-state index contributed by atoms with van der Waals surface area (Å²) in [6, 6.07) is 23.2. The molecule has 0 aliphatic heterocycles. The Morgan fingerprint density at radius 1 is 0.902 bits per heavy atom. The van der Waals surface area contributed by atoms with E-state index in [0.717, 1.165) is 60.4 Å². The lowest BCUT2D eigenvalue weighted by molar-refractivity contribution is 0.284. The number of methoxy groups -OCH3 is 2. The third-order valence-electron chi connectivity index (χ3n) is 8.19. The van der Waals surface area contributed by atoms with Crippen LogP contribution in [0.25, 0.3) is 16.9 Å². The van der Waals surface area contributed by atoms with Crippen LogP contribution in [0.5, 0.6) is 11.5 Å².